The molecule has 1 aliphatic heterocycles. The summed E-state index contributed by atoms with van der Waals surface area (Å²) in [7, 11) is 0. The quantitative estimate of drug-likeness (QED) is 0.760. The molecule has 0 aliphatic carbocycles. The zero-order valence-corrected chi connectivity index (χ0v) is 13.6. The van der Waals surface area contributed by atoms with Crippen molar-refractivity contribution in [2.75, 3.05) is 10.2 Å². The second kappa shape index (κ2) is 6.40. The van der Waals surface area contributed by atoms with Gasteiger partial charge < -0.3 is 10.2 Å². The van der Waals surface area contributed by atoms with E-state index in [1.807, 2.05) is 36.4 Å². The van der Waals surface area contributed by atoms with Crippen molar-refractivity contribution in [3.63, 3.8) is 0 Å². The van der Waals surface area contributed by atoms with Crippen LogP contribution in [0, 0.1) is 5.82 Å². The van der Waals surface area contributed by atoms with Gasteiger partial charge in [-0.05, 0) is 41.5 Å². The van der Waals surface area contributed by atoms with Gasteiger partial charge in [0, 0.05) is 24.5 Å². The Morgan fingerprint density at radius 3 is 2.28 bits per heavy atom. The molecule has 3 nitrogen and oxygen atoms in total. The Hall–Kier alpha value is -3.14. The maximum atomic E-state index is 13.8. The largest absolute Gasteiger partial charge is 0.363 e. The highest BCUT2D eigenvalue weighted by Crippen LogP contribution is 2.29. The van der Waals surface area contributed by atoms with Crippen LogP contribution >= 0.6 is 0 Å². The molecule has 1 heterocycles. The standard InChI is InChI=1S/C21H17FN2O/c22-20-11-4-3-10-19(20)21(25)23-17-8-5-9-18(12-17)24-13-15-6-1-2-7-16(15)14-24/h1-12H,13-14H2,(H,23,25). The molecule has 0 atom stereocenters. The Labute approximate surface area is 145 Å². The molecular weight excluding hydrogens is 315 g/mol. The van der Waals surface area contributed by atoms with E-state index in [9.17, 15) is 9.18 Å². The lowest BCUT2D eigenvalue weighted by Crippen LogP contribution is -2.16. The van der Waals surface area contributed by atoms with E-state index in [2.05, 4.69) is 22.3 Å². The predicted molar refractivity (Wildman–Crippen MR) is 97.1 cm³/mol. The van der Waals surface area contributed by atoms with Gasteiger partial charge in [0.05, 0.1) is 5.56 Å². The molecule has 4 heteroatoms. The highest BCUT2D eigenvalue weighted by atomic mass is 19.1. The number of anilines is 2. The highest BCUT2D eigenvalue weighted by molar-refractivity contribution is 6.04. The third kappa shape index (κ3) is 3.11. The van der Waals surface area contributed by atoms with Crippen molar-refractivity contribution in [3.05, 3.63) is 95.3 Å². The zero-order valence-electron chi connectivity index (χ0n) is 13.6. The molecule has 3 aromatic rings. The third-order valence-corrected chi connectivity index (χ3v) is 4.43. The average molecular weight is 332 g/mol. The van der Waals surface area contributed by atoms with Crippen LogP contribution in [0.3, 0.4) is 0 Å². The summed E-state index contributed by atoms with van der Waals surface area (Å²) in [6.45, 7) is 1.70. The summed E-state index contributed by atoms with van der Waals surface area (Å²) in [5.74, 6) is -0.967. The Balaban J connectivity index is 1.53. The first-order chi connectivity index (χ1) is 12.2. The summed E-state index contributed by atoms with van der Waals surface area (Å²) in [6, 6.07) is 22.0. The molecule has 0 fully saturated rings. The summed E-state index contributed by atoms with van der Waals surface area (Å²) >= 11 is 0. The fourth-order valence-corrected chi connectivity index (χ4v) is 3.14. The summed E-state index contributed by atoms with van der Waals surface area (Å²) in [4.78, 5) is 14.5. The minimum absolute atomic E-state index is 0.0430. The normalized spacial score (nSPS) is 12.8. The lowest BCUT2D eigenvalue weighted by Gasteiger charge is -2.19. The number of nitrogens with zero attached hydrogens (tertiary/aromatic N) is 1. The Bertz CT molecular complexity index is 913. The fourth-order valence-electron chi connectivity index (χ4n) is 3.14. The molecule has 1 aliphatic rings. The van der Waals surface area contributed by atoms with E-state index in [0.29, 0.717) is 5.69 Å². The van der Waals surface area contributed by atoms with E-state index in [0.717, 1.165) is 18.8 Å². The molecule has 3 aromatic carbocycles. The first kappa shape index (κ1) is 15.4. The fraction of sp³-hybridized carbons (Fsp3) is 0.0952. The van der Waals surface area contributed by atoms with Gasteiger partial charge in [0.1, 0.15) is 5.82 Å². The van der Waals surface area contributed by atoms with Crippen molar-refractivity contribution >= 4 is 17.3 Å². The monoisotopic (exact) mass is 332 g/mol. The Morgan fingerprint density at radius 1 is 0.880 bits per heavy atom. The number of carbonyl (C=O) groups is 1. The average Bonchev–Trinajstić information content (AvgIpc) is 3.06. The van der Waals surface area contributed by atoms with Crippen molar-refractivity contribution < 1.29 is 9.18 Å². The minimum Gasteiger partial charge on any atom is -0.363 e. The molecule has 25 heavy (non-hydrogen) atoms. The second-order valence-corrected chi connectivity index (χ2v) is 6.11. The van der Waals surface area contributed by atoms with Gasteiger partial charge in [-0.15, -0.1) is 0 Å². The number of halogens is 1. The Morgan fingerprint density at radius 2 is 1.56 bits per heavy atom. The lowest BCUT2D eigenvalue weighted by molar-refractivity contribution is 0.102. The van der Waals surface area contributed by atoms with E-state index in [1.54, 1.807) is 12.1 Å². The molecule has 0 saturated heterocycles. The molecular formula is C21H17FN2O. The number of nitrogens with one attached hydrogen (secondary N) is 1. The van der Waals surface area contributed by atoms with Gasteiger partial charge >= 0.3 is 0 Å². The molecule has 0 unspecified atom stereocenters. The number of fused-ring (bicyclic) bond motifs is 1. The molecule has 0 radical (unpaired) electrons. The van der Waals surface area contributed by atoms with Gasteiger partial charge in [0.25, 0.3) is 5.91 Å². The molecule has 0 aromatic heterocycles. The summed E-state index contributed by atoms with van der Waals surface area (Å²) in [6.07, 6.45) is 0. The van der Waals surface area contributed by atoms with Gasteiger partial charge in [-0.25, -0.2) is 4.39 Å². The van der Waals surface area contributed by atoms with Gasteiger partial charge in [-0.3, -0.25) is 4.79 Å². The van der Waals surface area contributed by atoms with Crippen molar-refractivity contribution in [3.8, 4) is 0 Å². The number of benzene rings is 3. The number of amides is 1. The second-order valence-electron chi connectivity index (χ2n) is 6.11. The molecule has 1 amide bonds. The van der Waals surface area contributed by atoms with Gasteiger partial charge in [0.2, 0.25) is 0 Å². The minimum atomic E-state index is -0.522. The van der Waals surface area contributed by atoms with E-state index in [-0.39, 0.29) is 5.56 Å². The number of carbonyl (C=O) groups excluding carboxylic acids is 1. The van der Waals surface area contributed by atoms with Gasteiger partial charge in [-0.2, -0.15) is 0 Å². The van der Waals surface area contributed by atoms with E-state index in [4.69, 9.17) is 0 Å². The maximum absolute atomic E-state index is 13.8. The summed E-state index contributed by atoms with van der Waals surface area (Å²) in [5.41, 5.74) is 4.37. The first-order valence-electron chi connectivity index (χ1n) is 8.18. The SMILES string of the molecule is O=C(Nc1cccc(N2Cc3ccccc3C2)c1)c1ccccc1F. The van der Waals surface area contributed by atoms with Crippen molar-refractivity contribution in [1.82, 2.24) is 0 Å². The van der Waals surface area contributed by atoms with E-state index >= 15 is 0 Å². The smallest absolute Gasteiger partial charge is 0.258 e. The molecule has 4 rings (SSSR count). The highest BCUT2D eigenvalue weighted by Gasteiger charge is 2.19. The van der Waals surface area contributed by atoms with Crippen LogP contribution in [-0.4, -0.2) is 5.91 Å². The van der Waals surface area contributed by atoms with Crippen LogP contribution in [0.2, 0.25) is 0 Å². The van der Waals surface area contributed by atoms with Crippen LogP contribution < -0.4 is 10.2 Å². The van der Waals surface area contributed by atoms with Crippen LogP contribution in [0.25, 0.3) is 0 Å². The van der Waals surface area contributed by atoms with Crippen LogP contribution in [0.1, 0.15) is 21.5 Å². The van der Waals surface area contributed by atoms with Crippen molar-refractivity contribution in [2.45, 2.75) is 13.1 Å². The van der Waals surface area contributed by atoms with Gasteiger partial charge in [0.15, 0.2) is 0 Å². The zero-order chi connectivity index (χ0) is 17.2. The molecule has 0 saturated carbocycles. The Kier molecular flexibility index (Phi) is 3.94. The molecule has 0 bridgehead atoms. The predicted octanol–water partition coefficient (Wildman–Crippen LogP) is 4.60. The number of rotatable bonds is 3. The van der Waals surface area contributed by atoms with Crippen LogP contribution in [0.5, 0.6) is 0 Å². The van der Waals surface area contributed by atoms with Crippen LogP contribution in [0.15, 0.2) is 72.8 Å². The summed E-state index contributed by atoms with van der Waals surface area (Å²) < 4.78 is 13.8. The topological polar surface area (TPSA) is 32.3 Å². The number of hydrogen-bond donors (Lipinski definition) is 1. The molecule has 1 N–H and O–H groups in total. The van der Waals surface area contributed by atoms with Crippen molar-refractivity contribution in [2.24, 2.45) is 0 Å². The van der Waals surface area contributed by atoms with Crippen molar-refractivity contribution in [1.29, 1.82) is 0 Å². The summed E-state index contributed by atoms with van der Waals surface area (Å²) in [5, 5.41) is 2.78. The van der Waals surface area contributed by atoms with E-state index in [1.165, 1.54) is 23.3 Å². The van der Waals surface area contributed by atoms with Crippen LogP contribution in [-0.2, 0) is 13.1 Å². The van der Waals surface area contributed by atoms with Gasteiger partial charge in [-0.1, -0.05) is 42.5 Å². The van der Waals surface area contributed by atoms with E-state index < -0.39 is 11.7 Å². The lowest BCUT2D eigenvalue weighted by atomic mass is 10.1. The first-order valence-corrected chi connectivity index (χ1v) is 8.18. The third-order valence-electron chi connectivity index (χ3n) is 4.43. The molecule has 124 valence electrons. The molecule has 0 spiro atoms. The number of hydrogen-bond acceptors (Lipinski definition) is 2. The maximum Gasteiger partial charge on any atom is 0.258 e. The van der Waals surface area contributed by atoms with Crippen LogP contribution in [0.4, 0.5) is 15.8 Å².